The summed E-state index contributed by atoms with van der Waals surface area (Å²) in [4.78, 5) is 7.20. The lowest BCUT2D eigenvalue weighted by Gasteiger charge is -2.03. The summed E-state index contributed by atoms with van der Waals surface area (Å²) in [6.07, 6.45) is 1.65. The number of aromatic amines is 1. The number of hydrogen-bond donors (Lipinski definition) is 1. The second-order valence-electron chi connectivity index (χ2n) is 3.04. The molecule has 6 heteroatoms. The SMILES string of the molecule is S=c1[nH]c(-c2ccc(Cl)c(Cl)c2)ncc1Br. The molecule has 2 rings (SSSR count). The molecule has 0 fully saturated rings. The van der Waals surface area contributed by atoms with Gasteiger partial charge in [-0.15, -0.1) is 0 Å². The monoisotopic (exact) mass is 334 g/mol. The Hall–Kier alpha value is -0.420. The molecule has 0 aliphatic heterocycles. The number of H-pyrrole nitrogens is 1. The Bertz CT molecular complexity index is 598. The van der Waals surface area contributed by atoms with Crippen LogP contribution in [0, 0.1) is 4.64 Å². The van der Waals surface area contributed by atoms with Crippen molar-refractivity contribution in [2.45, 2.75) is 0 Å². The molecule has 0 aliphatic rings. The quantitative estimate of drug-likeness (QED) is 0.753. The Morgan fingerprint density at radius 3 is 2.62 bits per heavy atom. The molecule has 1 aromatic carbocycles. The maximum absolute atomic E-state index is 5.93. The van der Waals surface area contributed by atoms with Crippen molar-refractivity contribution in [1.82, 2.24) is 9.97 Å². The van der Waals surface area contributed by atoms with Gasteiger partial charge in [-0.25, -0.2) is 4.98 Å². The smallest absolute Gasteiger partial charge is 0.138 e. The number of aromatic nitrogens is 2. The van der Waals surface area contributed by atoms with Gasteiger partial charge in [-0.1, -0.05) is 35.4 Å². The van der Waals surface area contributed by atoms with Gasteiger partial charge >= 0.3 is 0 Å². The zero-order chi connectivity index (χ0) is 11.7. The third kappa shape index (κ3) is 2.46. The molecule has 0 radical (unpaired) electrons. The fourth-order valence-corrected chi connectivity index (χ4v) is 1.82. The van der Waals surface area contributed by atoms with Gasteiger partial charge in [-0.2, -0.15) is 0 Å². The van der Waals surface area contributed by atoms with Crippen LogP contribution in [0.3, 0.4) is 0 Å². The molecule has 0 unspecified atom stereocenters. The van der Waals surface area contributed by atoms with E-state index in [1.807, 2.05) is 6.07 Å². The molecule has 0 saturated heterocycles. The molecule has 82 valence electrons. The summed E-state index contributed by atoms with van der Waals surface area (Å²) in [7, 11) is 0. The van der Waals surface area contributed by atoms with Gasteiger partial charge in [0.05, 0.1) is 14.5 Å². The predicted molar refractivity (Wildman–Crippen MR) is 72.6 cm³/mol. The largest absolute Gasteiger partial charge is 0.330 e. The van der Waals surface area contributed by atoms with Crippen LogP contribution in [0.2, 0.25) is 10.0 Å². The highest BCUT2D eigenvalue weighted by atomic mass is 79.9. The van der Waals surface area contributed by atoms with E-state index in [9.17, 15) is 0 Å². The van der Waals surface area contributed by atoms with Crippen LogP contribution >= 0.6 is 51.3 Å². The maximum atomic E-state index is 5.93. The van der Waals surface area contributed by atoms with Crippen molar-refractivity contribution in [3.05, 3.63) is 43.6 Å². The average Bonchev–Trinajstić information content (AvgIpc) is 2.26. The summed E-state index contributed by atoms with van der Waals surface area (Å²) in [5.74, 6) is 0.659. The van der Waals surface area contributed by atoms with Crippen LogP contribution in [0.4, 0.5) is 0 Å². The van der Waals surface area contributed by atoms with E-state index in [2.05, 4.69) is 25.9 Å². The van der Waals surface area contributed by atoms with Gasteiger partial charge < -0.3 is 4.98 Å². The van der Waals surface area contributed by atoms with Gasteiger partial charge in [-0.05, 0) is 34.1 Å². The Labute approximate surface area is 116 Å². The van der Waals surface area contributed by atoms with E-state index in [1.54, 1.807) is 18.3 Å². The minimum atomic E-state index is 0.489. The Kier molecular flexibility index (Phi) is 3.64. The molecule has 0 spiro atoms. The highest BCUT2D eigenvalue weighted by molar-refractivity contribution is 9.10. The molecule has 0 aliphatic carbocycles. The fraction of sp³-hybridized carbons (Fsp3) is 0. The zero-order valence-electron chi connectivity index (χ0n) is 7.80. The van der Waals surface area contributed by atoms with E-state index in [0.717, 1.165) is 10.0 Å². The molecule has 1 N–H and O–H groups in total. The van der Waals surface area contributed by atoms with E-state index in [4.69, 9.17) is 35.4 Å². The van der Waals surface area contributed by atoms with Crippen molar-refractivity contribution in [2.24, 2.45) is 0 Å². The molecular formula is C10H5BrCl2N2S. The van der Waals surface area contributed by atoms with Crippen LogP contribution in [0.5, 0.6) is 0 Å². The Balaban J connectivity index is 2.55. The van der Waals surface area contributed by atoms with Gasteiger partial charge in [0.25, 0.3) is 0 Å². The van der Waals surface area contributed by atoms with Crippen LogP contribution in [0.1, 0.15) is 0 Å². The standard InChI is InChI=1S/C10H5BrCl2N2S/c11-6-4-14-9(15-10(6)16)5-1-2-7(12)8(13)3-5/h1-4H,(H,14,15,16). The average molecular weight is 336 g/mol. The molecule has 1 aromatic heterocycles. The number of hydrogen-bond acceptors (Lipinski definition) is 2. The second-order valence-corrected chi connectivity index (χ2v) is 5.11. The van der Waals surface area contributed by atoms with Crippen LogP contribution in [-0.4, -0.2) is 9.97 Å². The summed E-state index contributed by atoms with van der Waals surface area (Å²) >= 11 is 20.1. The molecule has 0 amide bonds. The summed E-state index contributed by atoms with van der Waals surface area (Å²) in [6.45, 7) is 0. The first-order chi connectivity index (χ1) is 7.58. The lowest BCUT2D eigenvalue weighted by molar-refractivity contribution is 1.14. The number of rotatable bonds is 1. The third-order valence-electron chi connectivity index (χ3n) is 1.95. The summed E-state index contributed by atoms with van der Waals surface area (Å²) in [6, 6.07) is 5.29. The molecule has 2 nitrogen and oxygen atoms in total. The molecule has 0 bridgehead atoms. The Morgan fingerprint density at radius 1 is 1.25 bits per heavy atom. The normalized spacial score (nSPS) is 10.4. The van der Waals surface area contributed by atoms with Crippen molar-refractivity contribution in [3.8, 4) is 11.4 Å². The highest BCUT2D eigenvalue weighted by Crippen LogP contribution is 2.27. The summed E-state index contributed by atoms with van der Waals surface area (Å²) < 4.78 is 1.35. The van der Waals surface area contributed by atoms with Gasteiger partial charge in [-0.3, -0.25) is 0 Å². The second kappa shape index (κ2) is 4.84. The van der Waals surface area contributed by atoms with Crippen LogP contribution in [0.15, 0.2) is 28.9 Å². The molecular weight excluding hydrogens is 331 g/mol. The molecule has 0 atom stereocenters. The first-order valence-electron chi connectivity index (χ1n) is 4.28. The lowest BCUT2D eigenvalue weighted by Crippen LogP contribution is -1.89. The summed E-state index contributed by atoms with van der Waals surface area (Å²) in [5.41, 5.74) is 0.841. The van der Waals surface area contributed by atoms with Gasteiger partial charge in [0.15, 0.2) is 0 Å². The minimum Gasteiger partial charge on any atom is -0.330 e. The highest BCUT2D eigenvalue weighted by Gasteiger charge is 2.04. The first kappa shape index (κ1) is 12.0. The van der Waals surface area contributed by atoms with Crippen molar-refractivity contribution < 1.29 is 0 Å². The van der Waals surface area contributed by atoms with Crippen molar-refractivity contribution in [2.75, 3.05) is 0 Å². The lowest BCUT2D eigenvalue weighted by atomic mass is 10.2. The minimum absolute atomic E-state index is 0.489. The van der Waals surface area contributed by atoms with Crippen LogP contribution < -0.4 is 0 Å². The topological polar surface area (TPSA) is 28.7 Å². The van der Waals surface area contributed by atoms with Crippen LogP contribution in [0.25, 0.3) is 11.4 Å². The van der Waals surface area contributed by atoms with E-state index >= 15 is 0 Å². The Morgan fingerprint density at radius 2 is 2.00 bits per heavy atom. The molecule has 1 heterocycles. The number of nitrogens with one attached hydrogen (secondary N) is 1. The van der Waals surface area contributed by atoms with Crippen molar-refractivity contribution in [3.63, 3.8) is 0 Å². The summed E-state index contributed by atoms with van der Waals surface area (Å²) in [5, 5.41) is 1.00. The predicted octanol–water partition coefficient (Wildman–Crippen LogP) is 4.88. The number of halogens is 3. The molecule has 2 aromatic rings. The molecule has 0 saturated carbocycles. The van der Waals surface area contributed by atoms with E-state index in [-0.39, 0.29) is 0 Å². The van der Waals surface area contributed by atoms with E-state index in [0.29, 0.717) is 20.5 Å². The van der Waals surface area contributed by atoms with Crippen molar-refractivity contribution in [1.29, 1.82) is 0 Å². The number of nitrogens with zero attached hydrogens (tertiary/aromatic N) is 1. The van der Waals surface area contributed by atoms with E-state index < -0.39 is 0 Å². The van der Waals surface area contributed by atoms with Gasteiger partial charge in [0.2, 0.25) is 0 Å². The fourth-order valence-electron chi connectivity index (χ4n) is 1.17. The molecule has 16 heavy (non-hydrogen) atoms. The number of benzene rings is 1. The third-order valence-corrected chi connectivity index (χ3v) is 3.87. The van der Waals surface area contributed by atoms with E-state index in [1.165, 1.54) is 0 Å². The van der Waals surface area contributed by atoms with Crippen molar-refractivity contribution >= 4 is 51.3 Å². The maximum Gasteiger partial charge on any atom is 0.138 e. The zero-order valence-corrected chi connectivity index (χ0v) is 11.7. The van der Waals surface area contributed by atoms with Gasteiger partial charge in [0, 0.05) is 11.8 Å². The first-order valence-corrected chi connectivity index (χ1v) is 6.24. The van der Waals surface area contributed by atoms with Gasteiger partial charge in [0.1, 0.15) is 10.5 Å². The van der Waals surface area contributed by atoms with Crippen LogP contribution in [-0.2, 0) is 0 Å².